The van der Waals surface area contributed by atoms with Gasteiger partial charge in [-0.25, -0.2) is 0 Å². The summed E-state index contributed by atoms with van der Waals surface area (Å²) in [7, 11) is 1.51. The third-order valence-corrected chi connectivity index (χ3v) is 4.81. The molecule has 1 heterocycles. The number of anilines is 1. The standard InChI is InChI=1S/C18H23N3O3/c1-24-15-10-13-12(7-8-20-17(13)22)9-14(15)21-18(23)16(19)11-5-3-2-4-6-11/h7-11,16H,2-6,19H2,1H3,(H,20,22)(H,21,23)/t16-/m0/s1. The molecular weight excluding hydrogens is 306 g/mol. The van der Waals surface area contributed by atoms with E-state index in [-0.39, 0.29) is 17.4 Å². The average molecular weight is 329 g/mol. The molecule has 4 N–H and O–H groups in total. The monoisotopic (exact) mass is 329 g/mol. The van der Waals surface area contributed by atoms with Gasteiger partial charge in [-0.05, 0) is 42.3 Å². The molecular formula is C18H23N3O3. The van der Waals surface area contributed by atoms with E-state index in [1.54, 1.807) is 24.4 Å². The largest absolute Gasteiger partial charge is 0.495 e. The lowest BCUT2D eigenvalue weighted by Crippen LogP contribution is -2.42. The number of aromatic nitrogens is 1. The lowest BCUT2D eigenvalue weighted by molar-refractivity contribution is -0.118. The van der Waals surface area contributed by atoms with Gasteiger partial charge in [-0.15, -0.1) is 0 Å². The van der Waals surface area contributed by atoms with E-state index in [0.717, 1.165) is 31.1 Å². The molecule has 1 atom stereocenters. The summed E-state index contributed by atoms with van der Waals surface area (Å²) >= 11 is 0. The van der Waals surface area contributed by atoms with E-state index in [2.05, 4.69) is 10.3 Å². The maximum atomic E-state index is 12.5. The van der Waals surface area contributed by atoms with Crippen molar-refractivity contribution in [3.8, 4) is 5.75 Å². The zero-order valence-corrected chi connectivity index (χ0v) is 13.8. The molecule has 0 radical (unpaired) electrons. The Balaban J connectivity index is 1.85. The number of H-pyrrole nitrogens is 1. The molecule has 1 fully saturated rings. The van der Waals surface area contributed by atoms with E-state index < -0.39 is 6.04 Å². The highest BCUT2D eigenvalue weighted by atomic mass is 16.5. The molecule has 1 aliphatic carbocycles. The van der Waals surface area contributed by atoms with Gasteiger partial charge >= 0.3 is 0 Å². The third-order valence-electron chi connectivity index (χ3n) is 4.81. The van der Waals surface area contributed by atoms with E-state index in [1.807, 2.05) is 0 Å². The normalized spacial score (nSPS) is 16.8. The molecule has 0 saturated heterocycles. The minimum absolute atomic E-state index is 0.192. The molecule has 0 bridgehead atoms. The Labute approximate surface area is 140 Å². The molecule has 0 aliphatic heterocycles. The Bertz CT molecular complexity index is 794. The van der Waals surface area contributed by atoms with Crippen LogP contribution in [0.2, 0.25) is 0 Å². The molecule has 6 nitrogen and oxygen atoms in total. The zero-order chi connectivity index (χ0) is 17.1. The summed E-state index contributed by atoms with van der Waals surface area (Å²) in [5.41, 5.74) is 6.50. The number of methoxy groups -OCH3 is 1. The topological polar surface area (TPSA) is 97.2 Å². The quantitative estimate of drug-likeness (QED) is 0.802. The van der Waals surface area contributed by atoms with Crippen molar-refractivity contribution in [3.63, 3.8) is 0 Å². The number of ether oxygens (including phenoxy) is 1. The highest BCUT2D eigenvalue weighted by Gasteiger charge is 2.26. The number of benzene rings is 1. The second kappa shape index (κ2) is 7.05. The number of carbonyl (C=O) groups is 1. The summed E-state index contributed by atoms with van der Waals surface area (Å²) in [5, 5.41) is 4.12. The van der Waals surface area contributed by atoms with Crippen molar-refractivity contribution >= 4 is 22.4 Å². The maximum Gasteiger partial charge on any atom is 0.255 e. The highest BCUT2D eigenvalue weighted by molar-refractivity contribution is 5.99. The van der Waals surface area contributed by atoms with Crippen LogP contribution in [0.5, 0.6) is 5.75 Å². The molecule has 1 amide bonds. The van der Waals surface area contributed by atoms with Crippen molar-refractivity contribution in [2.75, 3.05) is 12.4 Å². The molecule has 1 aromatic carbocycles. The van der Waals surface area contributed by atoms with Gasteiger partial charge in [0.05, 0.1) is 24.2 Å². The van der Waals surface area contributed by atoms with Crippen LogP contribution in [0, 0.1) is 5.92 Å². The first-order valence-electron chi connectivity index (χ1n) is 8.36. The first-order valence-corrected chi connectivity index (χ1v) is 8.36. The number of hydrogen-bond donors (Lipinski definition) is 3. The van der Waals surface area contributed by atoms with Crippen LogP contribution in [-0.2, 0) is 4.79 Å². The van der Waals surface area contributed by atoms with Gasteiger partial charge in [0, 0.05) is 6.20 Å². The van der Waals surface area contributed by atoms with Crippen molar-refractivity contribution < 1.29 is 9.53 Å². The molecule has 0 spiro atoms. The van der Waals surface area contributed by atoms with Gasteiger partial charge in [0.2, 0.25) is 5.91 Å². The SMILES string of the molecule is COc1cc2c(=O)[nH]ccc2cc1NC(=O)[C@@H](N)C1CCCCC1. The number of aromatic amines is 1. The smallest absolute Gasteiger partial charge is 0.255 e. The number of amides is 1. The molecule has 6 heteroatoms. The van der Waals surface area contributed by atoms with Crippen LogP contribution in [0.15, 0.2) is 29.2 Å². The van der Waals surface area contributed by atoms with Crippen LogP contribution in [0.4, 0.5) is 5.69 Å². The fourth-order valence-electron chi connectivity index (χ4n) is 3.41. The van der Waals surface area contributed by atoms with E-state index in [4.69, 9.17) is 10.5 Å². The summed E-state index contributed by atoms with van der Waals surface area (Å²) in [6.45, 7) is 0. The average Bonchev–Trinajstić information content (AvgIpc) is 2.61. The number of hydrogen-bond acceptors (Lipinski definition) is 4. The fourth-order valence-corrected chi connectivity index (χ4v) is 3.41. The molecule has 3 rings (SSSR count). The number of pyridine rings is 1. The summed E-state index contributed by atoms with van der Waals surface area (Å²) in [6.07, 6.45) is 7.06. The summed E-state index contributed by atoms with van der Waals surface area (Å²) < 4.78 is 5.33. The number of nitrogens with one attached hydrogen (secondary N) is 2. The van der Waals surface area contributed by atoms with Gasteiger partial charge in [0.15, 0.2) is 0 Å². The van der Waals surface area contributed by atoms with Gasteiger partial charge in [-0.1, -0.05) is 19.3 Å². The number of nitrogens with two attached hydrogens (primary N) is 1. The van der Waals surface area contributed by atoms with Crippen LogP contribution in [0.1, 0.15) is 32.1 Å². The van der Waals surface area contributed by atoms with Crippen molar-refractivity contribution in [1.29, 1.82) is 0 Å². The Hall–Kier alpha value is -2.34. The van der Waals surface area contributed by atoms with Gasteiger partial charge in [0.25, 0.3) is 5.56 Å². The lowest BCUT2D eigenvalue weighted by atomic mass is 9.84. The van der Waals surface area contributed by atoms with Gasteiger partial charge in [0.1, 0.15) is 5.75 Å². The Kier molecular flexibility index (Phi) is 4.85. The molecule has 24 heavy (non-hydrogen) atoms. The van der Waals surface area contributed by atoms with Crippen molar-refractivity contribution in [2.45, 2.75) is 38.1 Å². The summed E-state index contributed by atoms with van der Waals surface area (Å²) in [4.78, 5) is 27.0. The van der Waals surface area contributed by atoms with Crippen LogP contribution >= 0.6 is 0 Å². The first kappa shape index (κ1) is 16.5. The number of carbonyl (C=O) groups excluding carboxylic acids is 1. The second-order valence-electron chi connectivity index (χ2n) is 6.36. The Morgan fingerprint density at radius 1 is 1.33 bits per heavy atom. The molecule has 1 saturated carbocycles. The molecule has 1 aromatic heterocycles. The van der Waals surface area contributed by atoms with Gasteiger partial charge in [-0.2, -0.15) is 0 Å². The van der Waals surface area contributed by atoms with Gasteiger partial charge < -0.3 is 20.8 Å². The lowest BCUT2D eigenvalue weighted by Gasteiger charge is -2.26. The first-order chi connectivity index (χ1) is 11.6. The minimum atomic E-state index is -0.523. The molecule has 128 valence electrons. The third kappa shape index (κ3) is 3.28. The predicted octanol–water partition coefficient (Wildman–Crippen LogP) is 2.38. The molecule has 1 aliphatic rings. The highest BCUT2D eigenvalue weighted by Crippen LogP contribution is 2.30. The minimum Gasteiger partial charge on any atom is -0.495 e. The van der Waals surface area contributed by atoms with Crippen molar-refractivity contribution in [2.24, 2.45) is 11.7 Å². The predicted molar refractivity (Wildman–Crippen MR) is 94.3 cm³/mol. The Morgan fingerprint density at radius 3 is 2.79 bits per heavy atom. The van der Waals surface area contributed by atoms with E-state index in [1.165, 1.54) is 13.5 Å². The van der Waals surface area contributed by atoms with Gasteiger partial charge in [-0.3, -0.25) is 9.59 Å². The molecule has 0 unspecified atom stereocenters. The maximum absolute atomic E-state index is 12.5. The van der Waals surface area contributed by atoms with E-state index >= 15 is 0 Å². The van der Waals surface area contributed by atoms with E-state index in [9.17, 15) is 9.59 Å². The summed E-state index contributed by atoms with van der Waals surface area (Å²) in [6, 6.07) is 4.64. The Morgan fingerprint density at radius 2 is 2.08 bits per heavy atom. The van der Waals surface area contributed by atoms with Crippen LogP contribution < -0.4 is 21.3 Å². The fraction of sp³-hybridized carbons (Fsp3) is 0.444. The second-order valence-corrected chi connectivity index (χ2v) is 6.36. The van der Waals surface area contributed by atoms with Crippen LogP contribution in [0.25, 0.3) is 10.8 Å². The van der Waals surface area contributed by atoms with E-state index in [0.29, 0.717) is 16.8 Å². The molecule has 2 aromatic rings. The number of fused-ring (bicyclic) bond motifs is 1. The summed E-state index contributed by atoms with van der Waals surface area (Å²) in [5.74, 6) is 0.473. The number of rotatable bonds is 4. The van der Waals surface area contributed by atoms with Crippen molar-refractivity contribution in [3.05, 3.63) is 34.7 Å². The van der Waals surface area contributed by atoms with Crippen LogP contribution in [0.3, 0.4) is 0 Å². The van der Waals surface area contributed by atoms with Crippen molar-refractivity contribution in [1.82, 2.24) is 4.98 Å². The zero-order valence-electron chi connectivity index (χ0n) is 13.8. The van der Waals surface area contributed by atoms with Crippen LogP contribution in [-0.4, -0.2) is 24.0 Å².